The van der Waals surface area contributed by atoms with Gasteiger partial charge in [-0.1, -0.05) is 12.1 Å². The van der Waals surface area contributed by atoms with Gasteiger partial charge < -0.3 is 15.5 Å². The lowest BCUT2D eigenvalue weighted by atomic mass is 10.1. The summed E-state index contributed by atoms with van der Waals surface area (Å²) in [7, 11) is 0. The third-order valence-corrected chi connectivity index (χ3v) is 3.17. The zero-order valence-electron chi connectivity index (χ0n) is 11.8. The van der Waals surface area contributed by atoms with Crippen molar-refractivity contribution in [2.75, 3.05) is 0 Å². The van der Waals surface area contributed by atoms with Crippen LogP contribution in [-0.4, -0.2) is 27.1 Å². The molecule has 1 unspecified atom stereocenters. The number of carbonyl (C=O) groups excluding carboxylic acids is 1. The predicted molar refractivity (Wildman–Crippen MR) is 79.3 cm³/mol. The first kappa shape index (κ1) is 14.8. The van der Waals surface area contributed by atoms with Crippen molar-refractivity contribution in [3.63, 3.8) is 0 Å². The summed E-state index contributed by atoms with van der Waals surface area (Å²) in [6.45, 7) is 1.93. The van der Waals surface area contributed by atoms with Crippen molar-refractivity contribution in [3.8, 4) is 11.5 Å². The smallest absolute Gasteiger partial charge is 0.253 e. The van der Waals surface area contributed by atoms with Gasteiger partial charge >= 0.3 is 0 Å². The van der Waals surface area contributed by atoms with Gasteiger partial charge in [-0.25, -0.2) is 0 Å². The van der Waals surface area contributed by atoms with Crippen LogP contribution < -0.4 is 5.32 Å². The Morgan fingerprint density at radius 1 is 1.19 bits per heavy atom. The average molecular weight is 286 g/mol. The molecule has 2 rings (SSSR count). The summed E-state index contributed by atoms with van der Waals surface area (Å²) >= 11 is 0. The monoisotopic (exact) mass is 286 g/mol. The van der Waals surface area contributed by atoms with Gasteiger partial charge in [-0.2, -0.15) is 0 Å². The number of aromatic hydroxyl groups is 2. The molecule has 0 radical (unpaired) electrons. The Hall–Kier alpha value is -2.56. The molecule has 1 atom stereocenters. The molecular weight excluding hydrogens is 268 g/mol. The summed E-state index contributed by atoms with van der Waals surface area (Å²) in [4.78, 5) is 15.7. The third-order valence-electron chi connectivity index (χ3n) is 3.17. The molecule has 0 fully saturated rings. The van der Waals surface area contributed by atoms with Crippen molar-refractivity contribution in [2.45, 2.75) is 25.8 Å². The maximum absolute atomic E-state index is 12.0. The standard InChI is InChI=1S/C16H18N2O3/c1-11(2-3-12-4-6-14(19)7-5-12)18-16(21)13-8-15(20)10-17-9-13/h4-11,19-20H,2-3H2,1H3,(H,18,21). The van der Waals surface area contributed by atoms with Crippen LogP contribution >= 0.6 is 0 Å². The number of hydrogen-bond donors (Lipinski definition) is 3. The van der Waals surface area contributed by atoms with Crippen molar-refractivity contribution >= 4 is 5.91 Å². The lowest BCUT2D eigenvalue weighted by Crippen LogP contribution is -2.32. The number of carbonyl (C=O) groups is 1. The topological polar surface area (TPSA) is 82.5 Å². The zero-order valence-corrected chi connectivity index (χ0v) is 11.8. The Bertz CT molecular complexity index is 611. The van der Waals surface area contributed by atoms with E-state index in [2.05, 4.69) is 10.3 Å². The van der Waals surface area contributed by atoms with Gasteiger partial charge in [0.25, 0.3) is 5.91 Å². The Morgan fingerprint density at radius 2 is 1.90 bits per heavy atom. The Morgan fingerprint density at radius 3 is 2.57 bits per heavy atom. The normalized spacial score (nSPS) is 11.9. The van der Waals surface area contributed by atoms with Crippen LogP contribution in [0.1, 0.15) is 29.3 Å². The number of amides is 1. The largest absolute Gasteiger partial charge is 0.508 e. The molecule has 21 heavy (non-hydrogen) atoms. The molecule has 1 amide bonds. The Labute approximate surface area is 123 Å². The molecule has 0 saturated carbocycles. The molecule has 5 nitrogen and oxygen atoms in total. The van der Waals surface area contributed by atoms with Crippen LogP contribution in [0.5, 0.6) is 11.5 Å². The Balaban J connectivity index is 1.85. The van der Waals surface area contributed by atoms with Crippen molar-refractivity contribution < 1.29 is 15.0 Å². The zero-order chi connectivity index (χ0) is 15.2. The number of phenolic OH excluding ortho intramolecular Hbond substituents is 1. The number of aryl methyl sites for hydroxylation is 1. The maximum Gasteiger partial charge on any atom is 0.253 e. The third kappa shape index (κ3) is 4.49. The molecule has 0 bridgehead atoms. The molecule has 0 saturated heterocycles. The van der Waals surface area contributed by atoms with Gasteiger partial charge in [0.2, 0.25) is 0 Å². The van der Waals surface area contributed by atoms with Gasteiger partial charge in [-0.3, -0.25) is 9.78 Å². The highest BCUT2D eigenvalue weighted by atomic mass is 16.3. The number of benzene rings is 1. The maximum atomic E-state index is 12.0. The lowest BCUT2D eigenvalue weighted by molar-refractivity contribution is 0.0937. The molecule has 1 aromatic carbocycles. The highest BCUT2D eigenvalue weighted by Crippen LogP contribution is 2.12. The van der Waals surface area contributed by atoms with E-state index in [0.717, 1.165) is 18.4 Å². The molecule has 110 valence electrons. The second-order valence-electron chi connectivity index (χ2n) is 5.01. The predicted octanol–water partition coefficient (Wildman–Crippen LogP) is 2.24. The van der Waals surface area contributed by atoms with Crippen LogP contribution in [0.15, 0.2) is 42.7 Å². The average Bonchev–Trinajstić information content (AvgIpc) is 2.46. The van der Waals surface area contributed by atoms with E-state index in [1.54, 1.807) is 12.1 Å². The number of hydrogen-bond acceptors (Lipinski definition) is 4. The van der Waals surface area contributed by atoms with Gasteiger partial charge in [-0.05, 0) is 43.5 Å². The molecule has 0 aliphatic carbocycles. The molecule has 1 heterocycles. The number of rotatable bonds is 5. The summed E-state index contributed by atoms with van der Waals surface area (Å²) in [6.07, 6.45) is 4.29. The van der Waals surface area contributed by atoms with Crippen LogP contribution in [-0.2, 0) is 6.42 Å². The van der Waals surface area contributed by atoms with Crippen LogP contribution in [0.4, 0.5) is 0 Å². The summed E-state index contributed by atoms with van der Waals surface area (Å²) in [5.41, 5.74) is 1.44. The number of aromatic nitrogens is 1. The van der Waals surface area contributed by atoms with Gasteiger partial charge in [0.05, 0.1) is 11.8 Å². The first-order valence-corrected chi connectivity index (χ1v) is 6.77. The quantitative estimate of drug-likeness (QED) is 0.787. The fourth-order valence-electron chi connectivity index (χ4n) is 1.98. The summed E-state index contributed by atoms with van der Waals surface area (Å²) in [5.74, 6) is -0.0347. The summed E-state index contributed by atoms with van der Waals surface area (Å²) < 4.78 is 0. The van der Waals surface area contributed by atoms with E-state index in [4.69, 9.17) is 0 Å². The van der Waals surface area contributed by atoms with Gasteiger partial charge in [0, 0.05) is 12.2 Å². The van der Waals surface area contributed by atoms with Crippen molar-refractivity contribution in [3.05, 3.63) is 53.9 Å². The van der Waals surface area contributed by atoms with E-state index in [1.165, 1.54) is 18.5 Å². The van der Waals surface area contributed by atoms with Gasteiger partial charge in [0.15, 0.2) is 0 Å². The fraction of sp³-hybridized carbons (Fsp3) is 0.250. The van der Waals surface area contributed by atoms with E-state index in [9.17, 15) is 15.0 Å². The SMILES string of the molecule is CC(CCc1ccc(O)cc1)NC(=O)c1cncc(O)c1. The van der Waals surface area contributed by atoms with E-state index in [-0.39, 0.29) is 23.4 Å². The molecule has 0 aliphatic heterocycles. The van der Waals surface area contributed by atoms with Crippen LogP contribution in [0, 0.1) is 0 Å². The summed E-state index contributed by atoms with van der Waals surface area (Å²) in [5, 5.41) is 21.4. The summed E-state index contributed by atoms with van der Waals surface area (Å²) in [6, 6.07) is 8.41. The minimum atomic E-state index is -0.253. The van der Waals surface area contributed by atoms with Crippen LogP contribution in [0.25, 0.3) is 0 Å². The highest BCUT2D eigenvalue weighted by molar-refractivity contribution is 5.94. The highest BCUT2D eigenvalue weighted by Gasteiger charge is 2.10. The molecule has 0 spiro atoms. The van der Waals surface area contributed by atoms with Crippen LogP contribution in [0.2, 0.25) is 0 Å². The minimum absolute atomic E-state index is 0.00588. The molecule has 2 aromatic rings. The molecule has 1 aromatic heterocycles. The second kappa shape index (κ2) is 6.74. The molecule has 5 heteroatoms. The molecule has 3 N–H and O–H groups in total. The molecular formula is C16H18N2O3. The van der Waals surface area contributed by atoms with E-state index < -0.39 is 0 Å². The van der Waals surface area contributed by atoms with Crippen molar-refractivity contribution in [1.29, 1.82) is 0 Å². The second-order valence-corrected chi connectivity index (χ2v) is 5.01. The Kier molecular flexibility index (Phi) is 4.77. The first-order chi connectivity index (χ1) is 10.0. The molecule has 0 aliphatic rings. The lowest BCUT2D eigenvalue weighted by Gasteiger charge is -2.14. The van der Waals surface area contributed by atoms with Crippen molar-refractivity contribution in [1.82, 2.24) is 10.3 Å². The van der Waals surface area contributed by atoms with Crippen molar-refractivity contribution in [2.24, 2.45) is 0 Å². The first-order valence-electron chi connectivity index (χ1n) is 6.77. The van der Waals surface area contributed by atoms with Gasteiger partial charge in [0.1, 0.15) is 11.5 Å². The van der Waals surface area contributed by atoms with E-state index in [0.29, 0.717) is 5.56 Å². The fourth-order valence-corrected chi connectivity index (χ4v) is 1.98. The number of phenols is 1. The van der Waals surface area contributed by atoms with E-state index in [1.807, 2.05) is 19.1 Å². The number of pyridine rings is 1. The number of nitrogens with zero attached hydrogens (tertiary/aromatic N) is 1. The van der Waals surface area contributed by atoms with E-state index >= 15 is 0 Å². The number of nitrogens with one attached hydrogen (secondary N) is 1. The van der Waals surface area contributed by atoms with Crippen LogP contribution in [0.3, 0.4) is 0 Å². The minimum Gasteiger partial charge on any atom is -0.508 e. The van der Waals surface area contributed by atoms with Gasteiger partial charge in [-0.15, -0.1) is 0 Å².